The fourth-order valence-electron chi connectivity index (χ4n) is 0.791. The Bertz CT molecular complexity index is 250. The zero-order valence-corrected chi connectivity index (χ0v) is 6.95. The van der Waals surface area contributed by atoms with Gasteiger partial charge in [-0.2, -0.15) is 5.26 Å². The molecule has 1 aromatic heterocycles. The second kappa shape index (κ2) is 4.52. The Morgan fingerprint density at radius 1 is 1.83 bits per heavy atom. The van der Waals surface area contributed by atoms with E-state index in [0.29, 0.717) is 13.1 Å². The van der Waals surface area contributed by atoms with Crippen LogP contribution in [0, 0.1) is 17.2 Å². The van der Waals surface area contributed by atoms with Gasteiger partial charge in [-0.05, 0) is 6.92 Å². The average Bonchev–Trinajstić information content (AvgIpc) is 2.57. The van der Waals surface area contributed by atoms with E-state index in [4.69, 9.17) is 9.78 Å². The third-order valence-electron chi connectivity index (χ3n) is 1.46. The predicted octanol–water partition coefficient (Wildman–Crippen LogP) is 0.924. The van der Waals surface area contributed by atoms with Crippen LogP contribution in [0.1, 0.15) is 12.7 Å². The standard InChI is InChI=1S/C8H11N3O/c1-7(4-9)5-10-6-8-2-3-11-12-8/h2-3,7,10H,5-6H2,1H3. The fourth-order valence-corrected chi connectivity index (χ4v) is 0.791. The largest absolute Gasteiger partial charge is 0.360 e. The Morgan fingerprint density at radius 3 is 3.25 bits per heavy atom. The summed E-state index contributed by atoms with van der Waals surface area (Å²) in [5.74, 6) is 0.827. The van der Waals surface area contributed by atoms with E-state index in [-0.39, 0.29) is 5.92 Å². The molecule has 4 heteroatoms. The molecule has 64 valence electrons. The topological polar surface area (TPSA) is 61.9 Å². The summed E-state index contributed by atoms with van der Waals surface area (Å²) < 4.78 is 4.85. The van der Waals surface area contributed by atoms with Crippen LogP contribution in [0.2, 0.25) is 0 Å². The lowest BCUT2D eigenvalue weighted by atomic mass is 10.2. The Kier molecular flexibility index (Phi) is 3.30. The summed E-state index contributed by atoms with van der Waals surface area (Å²) in [5, 5.41) is 15.1. The van der Waals surface area contributed by atoms with E-state index in [2.05, 4.69) is 16.5 Å². The van der Waals surface area contributed by atoms with Crippen molar-refractivity contribution in [2.24, 2.45) is 5.92 Å². The van der Waals surface area contributed by atoms with E-state index in [9.17, 15) is 0 Å². The van der Waals surface area contributed by atoms with Crippen molar-refractivity contribution in [3.63, 3.8) is 0 Å². The molecule has 12 heavy (non-hydrogen) atoms. The molecule has 4 nitrogen and oxygen atoms in total. The van der Waals surface area contributed by atoms with Crippen molar-refractivity contribution in [2.45, 2.75) is 13.5 Å². The molecule has 0 aliphatic rings. The van der Waals surface area contributed by atoms with Gasteiger partial charge < -0.3 is 9.84 Å². The molecule has 0 saturated carbocycles. The Labute approximate surface area is 71.2 Å². The van der Waals surface area contributed by atoms with Crippen LogP contribution in [-0.2, 0) is 6.54 Å². The molecule has 1 unspecified atom stereocenters. The van der Waals surface area contributed by atoms with Crippen molar-refractivity contribution in [1.29, 1.82) is 5.26 Å². The highest BCUT2D eigenvalue weighted by Crippen LogP contribution is 1.95. The summed E-state index contributed by atoms with van der Waals surface area (Å²) in [4.78, 5) is 0. The third kappa shape index (κ3) is 2.72. The molecule has 0 fully saturated rings. The van der Waals surface area contributed by atoms with Gasteiger partial charge in [-0.25, -0.2) is 0 Å². The van der Waals surface area contributed by atoms with Crippen LogP contribution in [0.4, 0.5) is 0 Å². The third-order valence-corrected chi connectivity index (χ3v) is 1.46. The van der Waals surface area contributed by atoms with E-state index in [1.54, 1.807) is 12.3 Å². The lowest BCUT2D eigenvalue weighted by molar-refractivity contribution is 0.371. The highest BCUT2D eigenvalue weighted by Gasteiger charge is 1.99. The summed E-state index contributed by atoms with van der Waals surface area (Å²) in [6, 6.07) is 3.93. The molecule has 1 rings (SSSR count). The summed E-state index contributed by atoms with van der Waals surface area (Å²) in [5.41, 5.74) is 0. The maximum atomic E-state index is 8.47. The van der Waals surface area contributed by atoms with E-state index >= 15 is 0 Å². The maximum absolute atomic E-state index is 8.47. The van der Waals surface area contributed by atoms with Crippen molar-refractivity contribution in [1.82, 2.24) is 10.5 Å². The monoisotopic (exact) mass is 165 g/mol. The molecule has 0 radical (unpaired) electrons. The molecule has 0 saturated heterocycles. The number of nitriles is 1. The number of aromatic nitrogens is 1. The number of nitrogens with zero attached hydrogens (tertiary/aromatic N) is 2. The summed E-state index contributed by atoms with van der Waals surface area (Å²) in [6.07, 6.45) is 1.60. The van der Waals surface area contributed by atoms with E-state index in [1.165, 1.54) is 0 Å². The van der Waals surface area contributed by atoms with Crippen molar-refractivity contribution in [3.8, 4) is 6.07 Å². The van der Waals surface area contributed by atoms with Gasteiger partial charge in [-0.3, -0.25) is 0 Å². The first kappa shape index (κ1) is 8.75. The molecule has 0 bridgehead atoms. The van der Waals surface area contributed by atoms with Crippen LogP contribution >= 0.6 is 0 Å². The zero-order chi connectivity index (χ0) is 8.81. The highest BCUT2D eigenvalue weighted by atomic mass is 16.5. The van der Waals surface area contributed by atoms with E-state index < -0.39 is 0 Å². The average molecular weight is 165 g/mol. The van der Waals surface area contributed by atoms with E-state index in [0.717, 1.165) is 5.76 Å². The van der Waals surface area contributed by atoms with Crippen molar-refractivity contribution >= 4 is 0 Å². The van der Waals surface area contributed by atoms with Crippen LogP contribution in [0.3, 0.4) is 0 Å². The molecule has 0 aliphatic carbocycles. The predicted molar refractivity (Wildman–Crippen MR) is 43.0 cm³/mol. The SMILES string of the molecule is CC(C#N)CNCc1ccno1. The van der Waals surface area contributed by atoms with Gasteiger partial charge in [0, 0.05) is 12.6 Å². The first-order chi connectivity index (χ1) is 5.83. The van der Waals surface area contributed by atoms with Crippen LogP contribution in [0.15, 0.2) is 16.8 Å². The van der Waals surface area contributed by atoms with Crippen LogP contribution in [-0.4, -0.2) is 11.7 Å². The van der Waals surface area contributed by atoms with Gasteiger partial charge in [0.05, 0.1) is 24.7 Å². The van der Waals surface area contributed by atoms with Crippen molar-refractivity contribution in [2.75, 3.05) is 6.54 Å². The fraction of sp³-hybridized carbons (Fsp3) is 0.500. The molecule has 1 atom stereocenters. The Hall–Kier alpha value is -1.34. The van der Waals surface area contributed by atoms with Gasteiger partial charge in [-0.15, -0.1) is 0 Å². The second-order valence-electron chi connectivity index (χ2n) is 2.64. The van der Waals surface area contributed by atoms with Gasteiger partial charge >= 0.3 is 0 Å². The molecular weight excluding hydrogens is 154 g/mol. The minimum atomic E-state index is 0.0351. The minimum absolute atomic E-state index is 0.0351. The van der Waals surface area contributed by atoms with Crippen molar-refractivity contribution < 1.29 is 4.52 Å². The maximum Gasteiger partial charge on any atom is 0.150 e. The first-order valence-corrected chi connectivity index (χ1v) is 3.83. The first-order valence-electron chi connectivity index (χ1n) is 3.83. The molecule has 0 spiro atoms. The van der Waals surface area contributed by atoms with Gasteiger partial charge in [0.25, 0.3) is 0 Å². The molecular formula is C8H11N3O. The van der Waals surface area contributed by atoms with Crippen LogP contribution < -0.4 is 5.32 Å². The normalized spacial score (nSPS) is 12.3. The summed E-state index contributed by atoms with van der Waals surface area (Å²) >= 11 is 0. The van der Waals surface area contributed by atoms with Gasteiger partial charge in [0.1, 0.15) is 5.76 Å². The Balaban J connectivity index is 2.16. The van der Waals surface area contributed by atoms with Gasteiger partial charge in [0.15, 0.2) is 0 Å². The highest BCUT2D eigenvalue weighted by molar-refractivity contribution is 4.92. The van der Waals surface area contributed by atoms with Crippen molar-refractivity contribution in [3.05, 3.63) is 18.0 Å². The zero-order valence-electron chi connectivity index (χ0n) is 6.95. The summed E-state index contributed by atoms with van der Waals surface area (Å²) in [6.45, 7) is 3.18. The van der Waals surface area contributed by atoms with Gasteiger partial charge in [0.2, 0.25) is 0 Å². The number of hydrogen-bond acceptors (Lipinski definition) is 4. The van der Waals surface area contributed by atoms with E-state index in [1.807, 2.05) is 6.92 Å². The van der Waals surface area contributed by atoms with Crippen LogP contribution in [0.5, 0.6) is 0 Å². The molecule has 0 aliphatic heterocycles. The van der Waals surface area contributed by atoms with Crippen LogP contribution in [0.25, 0.3) is 0 Å². The molecule has 0 amide bonds. The minimum Gasteiger partial charge on any atom is -0.360 e. The smallest absolute Gasteiger partial charge is 0.150 e. The van der Waals surface area contributed by atoms with Gasteiger partial charge in [-0.1, -0.05) is 5.16 Å². The second-order valence-corrected chi connectivity index (χ2v) is 2.64. The lowest BCUT2D eigenvalue weighted by Gasteiger charge is -2.01. The lowest BCUT2D eigenvalue weighted by Crippen LogP contribution is -2.19. The quantitative estimate of drug-likeness (QED) is 0.720. The Morgan fingerprint density at radius 2 is 2.67 bits per heavy atom. The number of nitrogens with one attached hydrogen (secondary N) is 1. The molecule has 1 heterocycles. The number of hydrogen-bond donors (Lipinski definition) is 1. The number of rotatable bonds is 4. The summed E-state index contributed by atoms with van der Waals surface area (Å²) in [7, 11) is 0. The molecule has 0 aromatic carbocycles. The molecule has 1 aromatic rings. The molecule has 1 N–H and O–H groups in total.